The van der Waals surface area contributed by atoms with Crippen LogP contribution in [0, 0.1) is 5.92 Å². The van der Waals surface area contributed by atoms with Crippen LogP contribution in [0.1, 0.15) is 42.8 Å². The van der Waals surface area contributed by atoms with E-state index >= 15 is 0 Å². The maximum Gasteiger partial charge on any atom is 0.263 e. The van der Waals surface area contributed by atoms with Crippen molar-refractivity contribution in [1.29, 1.82) is 0 Å². The second kappa shape index (κ2) is 7.45. The highest BCUT2D eigenvalue weighted by Gasteiger charge is 2.15. The molecule has 0 aliphatic carbocycles. The molecule has 1 aromatic heterocycles. The van der Waals surface area contributed by atoms with Crippen LogP contribution in [0.15, 0.2) is 16.9 Å². The van der Waals surface area contributed by atoms with Crippen LogP contribution < -0.4 is 5.32 Å². The smallest absolute Gasteiger partial charge is 0.263 e. The molecule has 0 radical (unpaired) electrons. The zero-order valence-corrected chi connectivity index (χ0v) is 10.7. The monoisotopic (exact) mass is 258 g/mol. The van der Waals surface area contributed by atoms with Gasteiger partial charge in [-0.25, -0.2) is 4.98 Å². The van der Waals surface area contributed by atoms with Gasteiger partial charge in [-0.3, -0.25) is 4.79 Å². The summed E-state index contributed by atoms with van der Waals surface area (Å²) in [5.74, 6) is 1.07. The van der Waals surface area contributed by atoms with E-state index in [9.17, 15) is 4.79 Å². The number of nitrogens with zero attached hydrogens (tertiary/aromatic N) is 1. The topological polar surface area (TPSA) is 55.1 Å². The van der Waals surface area contributed by atoms with E-state index in [0.29, 0.717) is 6.42 Å². The molecule has 0 aromatic carbocycles. The quantitative estimate of drug-likeness (QED) is 0.825. The minimum atomic E-state index is 0. The molecular formula is C12H19ClN2O2. The molecule has 0 amide bonds. The molecule has 1 aliphatic heterocycles. The number of Topliss-reactive ketones (excluding diaryl/α,β-unsaturated/α-hetero) is 1. The summed E-state index contributed by atoms with van der Waals surface area (Å²) < 4.78 is 4.97. The number of oxazole rings is 1. The van der Waals surface area contributed by atoms with Crippen molar-refractivity contribution < 1.29 is 9.21 Å². The van der Waals surface area contributed by atoms with Crippen LogP contribution in [0.3, 0.4) is 0 Å². The summed E-state index contributed by atoms with van der Waals surface area (Å²) in [5, 5.41) is 3.34. The molecule has 0 atom stereocenters. The number of halogens is 1. The molecule has 0 unspecified atom stereocenters. The summed E-state index contributed by atoms with van der Waals surface area (Å²) in [6.07, 6.45) is 8.10. The summed E-state index contributed by atoms with van der Waals surface area (Å²) in [5.41, 5.74) is 0. The van der Waals surface area contributed by atoms with Crippen molar-refractivity contribution in [2.75, 3.05) is 13.1 Å². The molecule has 1 aliphatic rings. The molecule has 1 aromatic rings. The van der Waals surface area contributed by atoms with Crippen molar-refractivity contribution >= 4 is 18.2 Å². The van der Waals surface area contributed by atoms with Gasteiger partial charge in [0.2, 0.25) is 5.78 Å². The summed E-state index contributed by atoms with van der Waals surface area (Å²) in [7, 11) is 0. The van der Waals surface area contributed by atoms with E-state index in [1.54, 1.807) is 0 Å². The van der Waals surface area contributed by atoms with E-state index in [0.717, 1.165) is 31.8 Å². The molecule has 17 heavy (non-hydrogen) atoms. The zero-order valence-electron chi connectivity index (χ0n) is 9.85. The Morgan fingerprint density at radius 3 is 2.88 bits per heavy atom. The number of piperidine rings is 1. The minimum absolute atomic E-state index is 0. The van der Waals surface area contributed by atoms with Gasteiger partial charge in [-0.05, 0) is 44.7 Å². The summed E-state index contributed by atoms with van der Waals surface area (Å²) in [6.45, 7) is 2.25. The number of nitrogens with one attached hydrogen (secondary N) is 1. The van der Waals surface area contributed by atoms with E-state index in [-0.39, 0.29) is 24.1 Å². The van der Waals surface area contributed by atoms with Gasteiger partial charge in [0.05, 0.1) is 6.20 Å². The third kappa shape index (κ3) is 4.48. The van der Waals surface area contributed by atoms with Crippen LogP contribution in [0.5, 0.6) is 0 Å². The van der Waals surface area contributed by atoms with E-state index in [1.165, 1.54) is 25.3 Å². The maximum atomic E-state index is 11.6. The minimum Gasteiger partial charge on any atom is -0.442 e. The first kappa shape index (κ1) is 14.2. The number of aromatic nitrogens is 1. The molecule has 0 saturated carbocycles. The number of carbonyl (C=O) groups is 1. The van der Waals surface area contributed by atoms with E-state index in [1.807, 2.05) is 0 Å². The first-order valence-corrected chi connectivity index (χ1v) is 5.99. The largest absolute Gasteiger partial charge is 0.442 e. The molecule has 96 valence electrons. The molecular weight excluding hydrogens is 240 g/mol. The van der Waals surface area contributed by atoms with Crippen molar-refractivity contribution in [2.24, 2.45) is 5.92 Å². The first-order valence-electron chi connectivity index (χ1n) is 5.99. The van der Waals surface area contributed by atoms with Gasteiger partial charge < -0.3 is 9.73 Å². The highest BCUT2D eigenvalue weighted by Crippen LogP contribution is 2.19. The molecule has 1 saturated heterocycles. The molecule has 0 spiro atoms. The Labute approximate surface area is 108 Å². The Balaban J connectivity index is 0.00000144. The molecule has 1 N–H and O–H groups in total. The lowest BCUT2D eigenvalue weighted by Crippen LogP contribution is -2.27. The predicted octanol–water partition coefficient (Wildman–Crippen LogP) is 2.45. The number of hydrogen-bond donors (Lipinski definition) is 1. The van der Waals surface area contributed by atoms with Crippen LogP contribution in [0.2, 0.25) is 0 Å². The van der Waals surface area contributed by atoms with Crippen molar-refractivity contribution in [1.82, 2.24) is 10.3 Å². The third-order valence-corrected chi connectivity index (χ3v) is 3.15. The number of ketones is 1. The number of rotatable bonds is 5. The molecule has 1 fully saturated rings. The number of hydrogen-bond acceptors (Lipinski definition) is 4. The molecule has 5 heteroatoms. The Morgan fingerprint density at radius 2 is 2.24 bits per heavy atom. The van der Waals surface area contributed by atoms with E-state index in [2.05, 4.69) is 10.3 Å². The Kier molecular flexibility index (Phi) is 6.22. The van der Waals surface area contributed by atoms with Gasteiger partial charge >= 0.3 is 0 Å². The molecule has 4 nitrogen and oxygen atoms in total. The van der Waals surface area contributed by atoms with Crippen molar-refractivity contribution in [3.8, 4) is 0 Å². The van der Waals surface area contributed by atoms with Gasteiger partial charge in [0.1, 0.15) is 6.26 Å². The lowest BCUT2D eigenvalue weighted by Gasteiger charge is -2.22. The third-order valence-electron chi connectivity index (χ3n) is 3.15. The maximum absolute atomic E-state index is 11.6. The summed E-state index contributed by atoms with van der Waals surface area (Å²) >= 11 is 0. The highest BCUT2D eigenvalue weighted by atomic mass is 35.5. The lowest BCUT2D eigenvalue weighted by atomic mass is 9.92. The van der Waals surface area contributed by atoms with E-state index < -0.39 is 0 Å². The van der Waals surface area contributed by atoms with Crippen molar-refractivity contribution in [3.05, 3.63) is 18.4 Å². The van der Waals surface area contributed by atoms with Crippen LogP contribution >= 0.6 is 12.4 Å². The Bertz CT molecular complexity index is 321. The van der Waals surface area contributed by atoms with Crippen LogP contribution in [0.25, 0.3) is 0 Å². The Hall–Kier alpha value is -0.870. The second-order valence-electron chi connectivity index (χ2n) is 4.35. The van der Waals surface area contributed by atoms with E-state index in [4.69, 9.17) is 4.42 Å². The van der Waals surface area contributed by atoms with Gasteiger partial charge in [-0.2, -0.15) is 0 Å². The fourth-order valence-electron chi connectivity index (χ4n) is 2.19. The summed E-state index contributed by atoms with van der Waals surface area (Å²) in [4.78, 5) is 15.4. The fourth-order valence-corrected chi connectivity index (χ4v) is 2.19. The van der Waals surface area contributed by atoms with Crippen LogP contribution in [0.4, 0.5) is 0 Å². The fraction of sp³-hybridized carbons (Fsp3) is 0.667. The van der Waals surface area contributed by atoms with Gasteiger partial charge in [-0.1, -0.05) is 0 Å². The zero-order chi connectivity index (χ0) is 11.2. The lowest BCUT2D eigenvalue weighted by molar-refractivity contribution is 0.0943. The normalized spacial score (nSPS) is 16.5. The first-order chi connectivity index (χ1) is 7.86. The second-order valence-corrected chi connectivity index (χ2v) is 4.35. The Morgan fingerprint density at radius 1 is 1.47 bits per heavy atom. The molecule has 2 rings (SSSR count). The van der Waals surface area contributed by atoms with Crippen LogP contribution in [-0.4, -0.2) is 23.9 Å². The standard InChI is InChI=1S/C12H18N2O2.ClH/c15-11(12-14-8-9-16-12)3-1-2-10-4-6-13-7-5-10;/h8-10,13H,1-7H2;1H. The van der Waals surface area contributed by atoms with Gasteiger partial charge in [0, 0.05) is 6.42 Å². The van der Waals surface area contributed by atoms with Gasteiger partial charge in [-0.15, -0.1) is 12.4 Å². The average molecular weight is 259 g/mol. The van der Waals surface area contributed by atoms with Gasteiger partial charge in [0.15, 0.2) is 0 Å². The molecule has 2 heterocycles. The SMILES string of the molecule is Cl.O=C(CCCC1CCNCC1)c1ncco1. The molecule has 0 bridgehead atoms. The highest BCUT2D eigenvalue weighted by molar-refractivity contribution is 5.91. The summed E-state index contributed by atoms with van der Waals surface area (Å²) in [6, 6.07) is 0. The average Bonchev–Trinajstić information content (AvgIpc) is 2.84. The van der Waals surface area contributed by atoms with Crippen LogP contribution in [-0.2, 0) is 0 Å². The van der Waals surface area contributed by atoms with Gasteiger partial charge in [0.25, 0.3) is 5.89 Å². The number of carbonyl (C=O) groups excluding carboxylic acids is 1. The predicted molar refractivity (Wildman–Crippen MR) is 67.5 cm³/mol. The van der Waals surface area contributed by atoms with Crippen molar-refractivity contribution in [2.45, 2.75) is 32.1 Å². The van der Waals surface area contributed by atoms with Crippen molar-refractivity contribution in [3.63, 3.8) is 0 Å².